The van der Waals surface area contributed by atoms with Gasteiger partial charge in [0.15, 0.2) is 11.5 Å². The lowest BCUT2D eigenvalue weighted by Crippen LogP contribution is -2.49. The molecule has 128 valence electrons. The molecule has 1 amide bonds. The van der Waals surface area contributed by atoms with Crippen molar-refractivity contribution in [2.45, 2.75) is 0 Å². The number of hydrogen-bond acceptors (Lipinski definition) is 5. The fraction of sp³-hybridized carbons (Fsp3) is 0.263. The van der Waals surface area contributed by atoms with Gasteiger partial charge in [-0.25, -0.2) is 0 Å². The van der Waals surface area contributed by atoms with Crippen molar-refractivity contribution in [2.75, 3.05) is 32.7 Å². The molecule has 4 rings (SSSR count). The third-order valence-electron chi connectivity index (χ3n) is 4.46. The Kier molecular flexibility index (Phi) is 4.11. The lowest BCUT2D eigenvalue weighted by molar-refractivity contribution is 0.0594. The molecule has 0 N–H and O–H groups in total. The summed E-state index contributed by atoms with van der Waals surface area (Å²) in [6.07, 6.45) is 1.50. The number of para-hydroxylation sites is 1. The highest BCUT2D eigenvalue weighted by Crippen LogP contribution is 2.20. The highest BCUT2D eigenvalue weighted by Gasteiger charge is 2.26. The zero-order valence-corrected chi connectivity index (χ0v) is 13.7. The first-order valence-corrected chi connectivity index (χ1v) is 8.27. The smallest absolute Gasteiger partial charge is 0.289 e. The molecule has 0 radical (unpaired) electrons. The minimum atomic E-state index is -0.104. The number of carbonyl (C=O) groups excluding carboxylic acids is 2. The van der Waals surface area contributed by atoms with Crippen molar-refractivity contribution in [2.24, 2.45) is 0 Å². The summed E-state index contributed by atoms with van der Waals surface area (Å²) in [4.78, 5) is 28.5. The van der Waals surface area contributed by atoms with Crippen LogP contribution in [0.15, 0.2) is 57.6 Å². The van der Waals surface area contributed by atoms with Gasteiger partial charge in [-0.15, -0.1) is 0 Å². The summed E-state index contributed by atoms with van der Waals surface area (Å²) in [6.45, 7) is 2.75. The van der Waals surface area contributed by atoms with Gasteiger partial charge in [0.25, 0.3) is 5.91 Å². The summed E-state index contributed by atoms with van der Waals surface area (Å²) in [7, 11) is 0. The average Bonchev–Trinajstić information content (AvgIpc) is 3.31. The normalized spacial score (nSPS) is 15.6. The molecule has 1 aliphatic heterocycles. The maximum absolute atomic E-state index is 12.6. The maximum atomic E-state index is 12.6. The van der Waals surface area contributed by atoms with Crippen molar-refractivity contribution >= 4 is 22.7 Å². The quantitative estimate of drug-likeness (QED) is 0.684. The second-order valence-corrected chi connectivity index (χ2v) is 6.12. The number of hydrogen-bond donors (Lipinski definition) is 0. The number of carbonyl (C=O) groups is 2. The number of nitrogens with zero attached hydrogens (tertiary/aromatic N) is 2. The van der Waals surface area contributed by atoms with Gasteiger partial charge < -0.3 is 13.7 Å². The SMILES string of the molecule is O=C(CN1CCN(C(=O)c2cc3ccccc3o2)CC1)c1ccco1. The van der Waals surface area contributed by atoms with E-state index in [0.717, 1.165) is 5.39 Å². The molecule has 0 bridgehead atoms. The third-order valence-corrected chi connectivity index (χ3v) is 4.46. The third kappa shape index (κ3) is 3.21. The van der Waals surface area contributed by atoms with Crippen molar-refractivity contribution < 1.29 is 18.4 Å². The van der Waals surface area contributed by atoms with E-state index in [9.17, 15) is 9.59 Å². The molecular weight excluding hydrogens is 320 g/mol. The Bertz CT molecular complexity index is 856. The lowest BCUT2D eigenvalue weighted by atomic mass is 10.2. The zero-order valence-electron chi connectivity index (χ0n) is 13.7. The molecule has 0 aliphatic carbocycles. The first-order chi connectivity index (χ1) is 12.2. The lowest BCUT2D eigenvalue weighted by Gasteiger charge is -2.33. The second-order valence-electron chi connectivity index (χ2n) is 6.12. The topological polar surface area (TPSA) is 66.9 Å². The molecule has 6 nitrogen and oxygen atoms in total. The average molecular weight is 338 g/mol. The fourth-order valence-corrected chi connectivity index (χ4v) is 3.07. The van der Waals surface area contributed by atoms with Crippen LogP contribution < -0.4 is 0 Å². The summed E-state index contributed by atoms with van der Waals surface area (Å²) >= 11 is 0. The zero-order chi connectivity index (χ0) is 17.2. The van der Waals surface area contributed by atoms with Gasteiger partial charge in [-0.1, -0.05) is 18.2 Å². The predicted octanol–water partition coefficient (Wildman–Crippen LogP) is 2.67. The van der Waals surface area contributed by atoms with E-state index < -0.39 is 0 Å². The van der Waals surface area contributed by atoms with Gasteiger partial charge in [0, 0.05) is 31.6 Å². The van der Waals surface area contributed by atoms with Crippen LogP contribution in [-0.2, 0) is 0 Å². The van der Waals surface area contributed by atoms with Gasteiger partial charge in [-0.05, 0) is 24.3 Å². The van der Waals surface area contributed by atoms with Gasteiger partial charge in [-0.3, -0.25) is 14.5 Å². The van der Waals surface area contributed by atoms with Crippen molar-refractivity contribution in [1.29, 1.82) is 0 Å². The molecule has 1 saturated heterocycles. The van der Waals surface area contributed by atoms with Crippen LogP contribution >= 0.6 is 0 Å². The van der Waals surface area contributed by atoms with E-state index in [1.807, 2.05) is 29.2 Å². The molecule has 3 aromatic rings. The van der Waals surface area contributed by atoms with Crippen LogP contribution in [0.1, 0.15) is 21.1 Å². The van der Waals surface area contributed by atoms with Gasteiger partial charge in [-0.2, -0.15) is 0 Å². The minimum absolute atomic E-state index is 0.0398. The maximum Gasteiger partial charge on any atom is 0.289 e. The van der Waals surface area contributed by atoms with Crippen LogP contribution in [0.5, 0.6) is 0 Å². The first-order valence-electron chi connectivity index (χ1n) is 8.27. The summed E-state index contributed by atoms with van der Waals surface area (Å²) in [5.74, 6) is 0.595. The summed E-state index contributed by atoms with van der Waals surface area (Å²) in [6, 6.07) is 12.7. The van der Waals surface area contributed by atoms with Crippen molar-refractivity contribution in [3.63, 3.8) is 0 Å². The van der Waals surface area contributed by atoms with Gasteiger partial charge in [0.05, 0.1) is 12.8 Å². The molecule has 6 heteroatoms. The largest absolute Gasteiger partial charge is 0.461 e. The Morgan fingerprint density at radius 2 is 1.76 bits per heavy atom. The van der Waals surface area contributed by atoms with E-state index in [0.29, 0.717) is 49.8 Å². The Balaban J connectivity index is 1.36. The highest BCUT2D eigenvalue weighted by atomic mass is 16.3. The monoisotopic (exact) mass is 338 g/mol. The van der Waals surface area contributed by atoms with Crippen LogP contribution in [0, 0.1) is 0 Å². The summed E-state index contributed by atoms with van der Waals surface area (Å²) in [5.41, 5.74) is 0.716. The van der Waals surface area contributed by atoms with Crippen LogP contribution in [0.2, 0.25) is 0 Å². The number of piperazine rings is 1. The van der Waals surface area contributed by atoms with Gasteiger partial charge >= 0.3 is 0 Å². The van der Waals surface area contributed by atoms with Crippen LogP contribution in [0.25, 0.3) is 11.0 Å². The summed E-state index contributed by atoms with van der Waals surface area (Å²) < 4.78 is 10.8. The minimum Gasteiger partial charge on any atom is -0.461 e. The molecular formula is C19H18N2O4. The standard InChI is InChI=1S/C19H18N2O4/c22-15(17-6-3-11-24-17)13-20-7-9-21(10-8-20)19(23)18-12-14-4-1-2-5-16(14)25-18/h1-6,11-12H,7-10,13H2. The number of rotatable bonds is 4. The Hall–Kier alpha value is -2.86. The van der Waals surface area contributed by atoms with Crippen molar-refractivity contribution in [3.8, 4) is 0 Å². The molecule has 0 unspecified atom stereocenters. The van der Waals surface area contributed by atoms with Gasteiger partial charge in [0.1, 0.15) is 5.58 Å². The predicted molar refractivity (Wildman–Crippen MR) is 91.6 cm³/mol. The molecule has 0 saturated carbocycles. The van der Waals surface area contributed by atoms with Crippen molar-refractivity contribution in [1.82, 2.24) is 9.80 Å². The number of Topliss-reactive ketones (excluding diaryl/α,β-unsaturated/α-hetero) is 1. The van der Waals surface area contributed by atoms with E-state index >= 15 is 0 Å². The molecule has 2 aromatic heterocycles. The Labute approximate surface area is 144 Å². The van der Waals surface area contributed by atoms with E-state index in [-0.39, 0.29) is 11.7 Å². The van der Waals surface area contributed by atoms with Crippen molar-refractivity contribution in [3.05, 3.63) is 60.2 Å². The van der Waals surface area contributed by atoms with E-state index in [4.69, 9.17) is 8.83 Å². The molecule has 3 heterocycles. The number of furan rings is 2. The van der Waals surface area contributed by atoms with Crippen LogP contribution in [0.3, 0.4) is 0 Å². The fourth-order valence-electron chi connectivity index (χ4n) is 3.07. The van der Waals surface area contributed by atoms with Crippen LogP contribution in [-0.4, -0.2) is 54.2 Å². The molecule has 0 spiro atoms. The molecule has 1 aromatic carbocycles. The molecule has 0 atom stereocenters. The first kappa shape index (κ1) is 15.7. The molecule has 25 heavy (non-hydrogen) atoms. The second kappa shape index (κ2) is 6.57. The summed E-state index contributed by atoms with van der Waals surface area (Å²) in [5, 5.41) is 0.925. The van der Waals surface area contributed by atoms with E-state index in [2.05, 4.69) is 0 Å². The Morgan fingerprint density at radius 1 is 0.960 bits per heavy atom. The molecule has 1 aliphatic rings. The van der Waals surface area contributed by atoms with E-state index in [1.165, 1.54) is 6.26 Å². The van der Waals surface area contributed by atoms with Crippen LogP contribution in [0.4, 0.5) is 0 Å². The molecule has 1 fully saturated rings. The number of amides is 1. The van der Waals surface area contributed by atoms with E-state index in [1.54, 1.807) is 23.1 Å². The number of ketones is 1. The number of fused-ring (bicyclic) bond motifs is 1. The highest BCUT2D eigenvalue weighted by molar-refractivity contribution is 5.96. The number of benzene rings is 1. The van der Waals surface area contributed by atoms with Gasteiger partial charge in [0.2, 0.25) is 5.78 Å². The Morgan fingerprint density at radius 3 is 2.48 bits per heavy atom.